The number of carbonyl (C=O) groups is 1. The van der Waals surface area contributed by atoms with Crippen molar-refractivity contribution in [2.24, 2.45) is 5.41 Å². The minimum atomic E-state index is -0.0640. The van der Waals surface area contributed by atoms with Crippen molar-refractivity contribution in [1.82, 2.24) is 9.88 Å². The van der Waals surface area contributed by atoms with E-state index in [0.717, 1.165) is 42.9 Å². The Morgan fingerprint density at radius 3 is 2.78 bits per heavy atom. The molecule has 0 bridgehead atoms. The predicted octanol–water partition coefficient (Wildman–Crippen LogP) is 2.46. The minimum Gasteiger partial charge on any atom is -0.378 e. The summed E-state index contributed by atoms with van der Waals surface area (Å²) < 4.78 is 7.47. The van der Waals surface area contributed by atoms with Crippen molar-refractivity contribution in [3.63, 3.8) is 0 Å². The first-order valence-electron chi connectivity index (χ1n) is 8.62. The second-order valence-corrected chi connectivity index (χ2v) is 7.64. The summed E-state index contributed by atoms with van der Waals surface area (Å²) >= 11 is 1.15. The number of rotatable bonds is 5. The Balaban J connectivity index is 1.65. The molecular formula is C17H26N2O3S. The number of hydrogen-bond acceptors (Lipinski definition) is 4. The summed E-state index contributed by atoms with van der Waals surface area (Å²) in [6.45, 7) is 4.76. The van der Waals surface area contributed by atoms with Crippen molar-refractivity contribution in [3.8, 4) is 0 Å². The van der Waals surface area contributed by atoms with E-state index >= 15 is 0 Å². The second kappa shape index (κ2) is 6.77. The molecule has 1 amide bonds. The van der Waals surface area contributed by atoms with Gasteiger partial charge in [-0.1, -0.05) is 30.6 Å². The first-order chi connectivity index (χ1) is 11.1. The number of aromatic nitrogens is 1. The van der Waals surface area contributed by atoms with Gasteiger partial charge in [-0.15, -0.1) is 0 Å². The molecule has 23 heavy (non-hydrogen) atoms. The Bertz CT molecular complexity index is 616. The van der Waals surface area contributed by atoms with Gasteiger partial charge in [0.25, 0.3) is 0 Å². The van der Waals surface area contributed by atoms with E-state index < -0.39 is 0 Å². The van der Waals surface area contributed by atoms with Crippen LogP contribution in [0.1, 0.15) is 51.1 Å². The molecule has 0 aromatic carbocycles. The fraction of sp³-hybridized carbons (Fsp3) is 0.765. The maximum Gasteiger partial charge on any atom is 0.307 e. The zero-order chi connectivity index (χ0) is 16.4. The van der Waals surface area contributed by atoms with E-state index in [4.69, 9.17) is 4.74 Å². The molecule has 0 unspecified atom stereocenters. The van der Waals surface area contributed by atoms with E-state index in [1.807, 2.05) is 13.8 Å². The van der Waals surface area contributed by atoms with E-state index in [-0.39, 0.29) is 34.9 Å². The SMILES string of the molecule is CCO[C@H]1C[C@@H](NC(=O)Cn2c(C)csc2=O)C12CCCCC2. The molecule has 2 atom stereocenters. The average Bonchev–Trinajstić information content (AvgIpc) is 2.86. The smallest absolute Gasteiger partial charge is 0.307 e. The molecule has 128 valence electrons. The number of nitrogens with zero attached hydrogens (tertiary/aromatic N) is 1. The molecular weight excluding hydrogens is 312 g/mol. The van der Waals surface area contributed by atoms with Gasteiger partial charge in [-0.2, -0.15) is 0 Å². The lowest BCUT2D eigenvalue weighted by atomic mass is 9.55. The third-order valence-corrected chi connectivity index (χ3v) is 6.43. The number of ether oxygens (including phenoxy) is 1. The minimum absolute atomic E-state index is 0.0569. The van der Waals surface area contributed by atoms with Crippen molar-refractivity contribution in [2.45, 2.75) is 71.1 Å². The standard InChI is InChI=1S/C17H26N2O3S/c1-3-22-14-9-13(17(14)7-5-4-6-8-17)18-15(20)10-19-12(2)11-23-16(19)21/h11,13-14H,3-10H2,1-2H3,(H,18,20)/t13-,14+/m1/s1. The normalized spacial score (nSPS) is 26.0. The molecule has 2 saturated carbocycles. The Morgan fingerprint density at radius 2 is 2.17 bits per heavy atom. The van der Waals surface area contributed by atoms with Crippen LogP contribution >= 0.6 is 11.3 Å². The van der Waals surface area contributed by atoms with Gasteiger partial charge in [0.1, 0.15) is 6.54 Å². The molecule has 2 aliphatic carbocycles. The third kappa shape index (κ3) is 3.11. The molecule has 0 aliphatic heterocycles. The molecule has 0 radical (unpaired) electrons. The second-order valence-electron chi connectivity index (χ2n) is 6.82. The Hall–Kier alpha value is -1.14. The summed E-state index contributed by atoms with van der Waals surface area (Å²) in [6.07, 6.45) is 7.18. The first kappa shape index (κ1) is 16.7. The maximum atomic E-state index is 12.4. The van der Waals surface area contributed by atoms with E-state index in [2.05, 4.69) is 5.32 Å². The topological polar surface area (TPSA) is 60.3 Å². The number of nitrogens with one attached hydrogen (secondary N) is 1. The number of hydrogen-bond donors (Lipinski definition) is 1. The van der Waals surface area contributed by atoms with Crippen LogP contribution in [0, 0.1) is 12.3 Å². The van der Waals surface area contributed by atoms with E-state index in [1.165, 1.54) is 19.3 Å². The Morgan fingerprint density at radius 1 is 1.43 bits per heavy atom. The fourth-order valence-corrected chi connectivity index (χ4v) is 4.98. The summed E-state index contributed by atoms with van der Waals surface area (Å²) in [5.41, 5.74) is 0.974. The molecule has 6 heteroatoms. The molecule has 2 fully saturated rings. The largest absolute Gasteiger partial charge is 0.378 e. The first-order valence-corrected chi connectivity index (χ1v) is 9.50. The highest BCUT2D eigenvalue weighted by Gasteiger charge is 2.56. The van der Waals surface area contributed by atoms with Crippen LogP contribution in [0.15, 0.2) is 10.2 Å². The van der Waals surface area contributed by atoms with Gasteiger partial charge >= 0.3 is 4.87 Å². The molecule has 1 heterocycles. The highest BCUT2D eigenvalue weighted by Crippen LogP contribution is 2.53. The van der Waals surface area contributed by atoms with Gasteiger partial charge < -0.3 is 10.1 Å². The van der Waals surface area contributed by atoms with E-state index in [0.29, 0.717) is 0 Å². The van der Waals surface area contributed by atoms with Crippen molar-refractivity contribution >= 4 is 17.2 Å². The zero-order valence-corrected chi connectivity index (χ0v) is 14.8. The maximum absolute atomic E-state index is 12.4. The third-order valence-electron chi connectivity index (χ3n) is 5.55. The van der Waals surface area contributed by atoms with Crippen LogP contribution in [0.3, 0.4) is 0 Å². The van der Waals surface area contributed by atoms with Gasteiger partial charge in [0.05, 0.1) is 6.10 Å². The average molecular weight is 338 g/mol. The van der Waals surface area contributed by atoms with Crippen molar-refractivity contribution in [2.75, 3.05) is 6.61 Å². The van der Waals surface area contributed by atoms with Crippen molar-refractivity contribution < 1.29 is 9.53 Å². The molecule has 3 rings (SSSR count). The van der Waals surface area contributed by atoms with Crippen LogP contribution in [0.5, 0.6) is 0 Å². The van der Waals surface area contributed by atoms with Gasteiger partial charge in [-0.05, 0) is 33.1 Å². The molecule has 2 aliphatic rings. The summed E-state index contributed by atoms with van der Waals surface area (Å²) in [6, 6.07) is 0.196. The Labute approximate surface area is 141 Å². The molecule has 0 saturated heterocycles. The van der Waals surface area contributed by atoms with Crippen molar-refractivity contribution in [3.05, 3.63) is 20.7 Å². The van der Waals surface area contributed by atoms with Crippen LogP contribution in [-0.4, -0.2) is 29.2 Å². The molecule has 1 N–H and O–H groups in total. The quantitative estimate of drug-likeness (QED) is 0.897. The lowest BCUT2D eigenvalue weighted by Crippen LogP contribution is -2.65. The monoisotopic (exact) mass is 338 g/mol. The summed E-state index contributed by atoms with van der Waals surface area (Å²) in [4.78, 5) is 24.1. The van der Waals surface area contributed by atoms with Crippen LogP contribution in [0.4, 0.5) is 0 Å². The van der Waals surface area contributed by atoms with Gasteiger partial charge in [0.2, 0.25) is 5.91 Å². The van der Waals surface area contributed by atoms with Gasteiger partial charge in [0, 0.05) is 29.1 Å². The van der Waals surface area contributed by atoms with Crippen LogP contribution in [-0.2, 0) is 16.1 Å². The summed E-state index contributed by atoms with van der Waals surface area (Å²) in [5.74, 6) is -0.0569. The van der Waals surface area contributed by atoms with Crippen molar-refractivity contribution in [1.29, 1.82) is 0 Å². The molecule has 1 spiro atoms. The lowest BCUT2D eigenvalue weighted by Gasteiger charge is -2.57. The van der Waals surface area contributed by atoms with Gasteiger partial charge in [-0.3, -0.25) is 14.2 Å². The van der Waals surface area contributed by atoms with E-state index in [1.54, 1.807) is 9.95 Å². The number of aryl methyl sites for hydroxylation is 1. The zero-order valence-electron chi connectivity index (χ0n) is 14.0. The Kier molecular flexibility index (Phi) is 4.92. The number of carbonyl (C=O) groups excluding carboxylic acids is 1. The summed E-state index contributed by atoms with van der Waals surface area (Å²) in [7, 11) is 0. The predicted molar refractivity (Wildman–Crippen MR) is 90.8 cm³/mol. The summed E-state index contributed by atoms with van der Waals surface area (Å²) in [5, 5.41) is 4.98. The highest BCUT2D eigenvalue weighted by molar-refractivity contribution is 7.07. The molecule has 5 nitrogen and oxygen atoms in total. The van der Waals surface area contributed by atoms with Crippen LogP contribution in [0.25, 0.3) is 0 Å². The van der Waals surface area contributed by atoms with Crippen LogP contribution < -0.4 is 10.2 Å². The van der Waals surface area contributed by atoms with E-state index in [9.17, 15) is 9.59 Å². The van der Waals surface area contributed by atoms with Gasteiger partial charge in [0.15, 0.2) is 0 Å². The van der Waals surface area contributed by atoms with Crippen LogP contribution in [0.2, 0.25) is 0 Å². The highest BCUT2D eigenvalue weighted by atomic mass is 32.1. The fourth-order valence-electron chi connectivity index (χ4n) is 4.25. The van der Waals surface area contributed by atoms with Gasteiger partial charge in [-0.25, -0.2) is 0 Å². The number of thiazole rings is 1. The molecule has 1 aromatic heterocycles. The lowest BCUT2D eigenvalue weighted by molar-refractivity contribution is -0.157. The molecule has 1 aromatic rings. The number of amides is 1.